The lowest BCUT2D eigenvalue weighted by molar-refractivity contribution is -0.384. The van der Waals surface area contributed by atoms with Crippen molar-refractivity contribution >= 4 is 40.3 Å². The molecule has 2 amide bonds. The van der Waals surface area contributed by atoms with E-state index in [-0.39, 0.29) is 17.5 Å². The van der Waals surface area contributed by atoms with Crippen LogP contribution in [0.15, 0.2) is 84.1 Å². The fourth-order valence-electron chi connectivity index (χ4n) is 3.56. The number of amides is 2. The molecule has 3 aromatic carbocycles. The number of nitrogens with one attached hydrogen (secondary N) is 2. The van der Waals surface area contributed by atoms with Crippen LogP contribution in [0.4, 0.5) is 11.4 Å². The zero-order valence-corrected chi connectivity index (χ0v) is 18.3. The van der Waals surface area contributed by atoms with Gasteiger partial charge in [-0.1, -0.05) is 30.3 Å². The molecular formula is C25H21N5O4. The van der Waals surface area contributed by atoms with E-state index in [1.807, 2.05) is 35.0 Å². The number of nitro benzene ring substituents is 1. The summed E-state index contributed by atoms with van der Waals surface area (Å²) in [7, 11) is 0. The molecule has 0 unspecified atom stereocenters. The number of anilines is 1. The van der Waals surface area contributed by atoms with Gasteiger partial charge in [0.1, 0.15) is 0 Å². The number of aromatic nitrogens is 1. The molecule has 0 saturated carbocycles. The highest BCUT2D eigenvalue weighted by Gasteiger charge is 2.10. The van der Waals surface area contributed by atoms with E-state index in [2.05, 4.69) is 15.8 Å². The van der Waals surface area contributed by atoms with Gasteiger partial charge in [-0.15, -0.1) is 0 Å². The second-order valence-electron chi connectivity index (χ2n) is 7.61. The number of hydrogen-bond donors (Lipinski definition) is 2. The fraction of sp³-hybridized carbons (Fsp3) is 0.0800. The second-order valence-corrected chi connectivity index (χ2v) is 7.61. The number of para-hydroxylation sites is 1. The summed E-state index contributed by atoms with van der Waals surface area (Å²) in [6, 6.07) is 20.7. The van der Waals surface area contributed by atoms with Gasteiger partial charge in [0.25, 0.3) is 11.6 Å². The Labute approximate surface area is 194 Å². The molecule has 0 aliphatic heterocycles. The minimum absolute atomic E-state index is 0.0504. The van der Waals surface area contributed by atoms with Gasteiger partial charge >= 0.3 is 0 Å². The summed E-state index contributed by atoms with van der Waals surface area (Å²) in [5.41, 5.74) is 6.30. The first kappa shape index (κ1) is 22.4. The number of nitrogens with zero attached hydrogens (tertiary/aromatic N) is 3. The molecule has 0 fully saturated rings. The smallest absolute Gasteiger partial charge is 0.271 e. The molecule has 0 radical (unpaired) electrons. The van der Waals surface area contributed by atoms with Gasteiger partial charge in [-0.05, 0) is 35.9 Å². The van der Waals surface area contributed by atoms with Crippen molar-refractivity contribution in [3.05, 3.63) is 106 Å². The zero-order valence-electron chi connectivity index (χ0n) is 18.3. The molecule has 34 heavy (non-hydrogen) atoms. The largest absolute Gasteiger partial charge is 0.342 e. The number of carbonyl (C=O) groups is 2. The van der Waals surface area contributed by atoms with Crippen LogP contribution in [0.3, 0.4) is 0 Å². The fourth-order valence-corrected chi connectivity index (χ4v) is 3.56. The highest BCUT2D eigenvalue weighted by molar-refractivity contribution is 6.00. The first-order valence-corrected chi connectivity index (χ1v) is 10.4. The summed E-state index contributed by atoms with van der Waals surface area (Å²) < 4.78 is 2.03. The topological polar surface area (TPSA) is 119 Å². The van der Waals surface area contributed by atoms with E-state index in [9.17, 15) is 19.7 Å². The van der Waals surface area contributed by atoms with Crippen LogP contribution in [0, 0.1) is 10.1 Å². The second kappa shape index (κ2) is 9.78. The summed E-state index contributed by atoms with van der Waals surface area (Å²) in [5.74, 6) is -0.560. The van der Waals surface area contributed by atoms with Crippen LogP contribution in [-0.2, 0) is 11.3 Å². The lowest BCUT2D eigenvalue weighted by atomic mass is 10.2. The molecule has 2 N–H and O–H groups in total. The van der Waals surface area contributed by atoms with Crippen molar-refractivity contribution in [1.29, 1.82) is 0 Å². The van der Waals surface area contributed by atoms with Gasteiger partial charge < -0.3 is 9.88 Å². The summed E-state index contributed by atoms with van der Waals surface area (Å²) >= 11 is 0. The lowest BCUT2D eigenvalue weighted by Crippen LogP contribution is -2.17. The lowest BCUT2D eigenvalue weighted by Gasteiger charge is -2.05. The Bertz CT molecular complexity index is 1390. The predicted molar refractivity (Wildman–Crippen MR) is 130 cm³/mol. The van der Waals surface area contributed by atoms with E-state index in [1.54, 1.807) is 42.6 Å². The van der Waals surface area contributed by atoms with Gasteiger partial charge in [-0.3, -0.25) is 19.7 Å². The molecule has 9 nitrogen and oxygen atoms in total. The van der Waals surface area contributed by atoms with E-state index in [1.165, 1.54) is 19.1 Å². The molecule has 9 heteroatoms. The summed E-state index contributed by atoms with van der Waals surface area (Å²) in [6.07, 6.45) is 3.50. The first-order valence-electron chi connectivity index (χ1n) is 10.4. The SMILES string of the molecule is CC(=O)Nc1ccc(C(=O)NN=Cc2cn(Cc3ccc([N+](=O)[O-])cc3)c3ccccc23)cc1. The van der Waals surface area contributed by atoms with Crippen molar-refractivity contribution in [2.24, 2.45) is 5.10 Å². The van der Waals surface area contributed by atoms with E-state index in [4.69, 9.17) is 0 Å². The van der Waals surface area contributed by atoms with Crippen molar-refractivity contribution in [2.45, 2.75) is 13.5 Å². The number of rotatable bonds is 7. The van der Waals surface area contributed by atoms with Gasteiger partial charge in [0.2, 0.25) is 5.91 Å². The molecule has 0 saturated heterocycles. The number of benzene rings is 3. The number of hydrogen-bond acceptors (Lipinski definition) is 5. The molecule has 4 aromatic rings. The maximum absolute atomic E-state index is 12.4. The Balaban J connectivity index is 1.49. The van der Waals surface area contributed by atoms with E-state index in [0.29, 0.717) is 17.8 Å². The maximum Gasteiger partial charge on any atom is 0.271 e. The molecule has 0 aliphatic carbocycles. The maximum atomic E-state index is 12.4. The summed E-state index contributed by atoms with van der Waals surface area (Å²) in [4.78, 5) is 34.0. The third-order valence-corrected chi connectivity index (χ3v) is 5.16. The number of carbonyl (C=O) groups excluding carboxylic acids is 2. The normalized spacial score (nSPS) is 11.0. The number of fused-ring (bicyclic) bond motifs is 1. The highest BCUT2D eigenvalue weighted by Crippen LogP contribution is 2.22. The Kier molecular flexibility index (Phi) is 6.45. The van der Waals surface area contributed by atoms with Crippen molar-refractivity contribution in [1.82, 2.24) is 9.99 Å². The van der Waals surface area contributed by atoms with E-state index < -0.39 is 4.92 Å². The summed E-state index contributed by atoms with van der Waals surface area (Å²) in [5, 5.41) is 18.6. The number of non-ortho nitro benzene ring substituents is 1. The van der Waals surface area contributed by atoms with Crippen LogP contribution in [0.2, 0.25) is 0 Å². The average molecular weight is 455 g/mol. The molecule has 1 heterocycles. The van der Waals surface area contributed by atoms with Crippen LogP contribution in [0.5, 0.6) is 0 Å². The van der Waals surface area contributed by atoms with E-state index >= 15 is 0 Å². The minimum atomic E-state index is -0.422. The molecule has 0 atom stereocenters. The van der Waals surface area contributed by atoms with E-state index in [0.717, 1.165) is 22.0 Å². The average Bonchev–Trinajstić information content (AvgIpc) is 3.17. The van der Waals surface area contributed by atoms with Gasteiger partial charge in [-0.25, -0.2) is 5.43 Å². The summed E-state index contributed by atoms with van der Waals surface area (Å²) in [6.45, 7) is 1.94. The highest BCUT2D eigenvalue weighted by atomic mass is 16.6. The van der Waals surface area contributed by atoms with Crippen LogP contribution >= 0.6 is 0 Å². The van der Waals surface area contributed by atoms with Gasteiger partial charge in [0.05, 0.1) is 11.1 Å². The van der Waals surface area contributed by atoms with Gasteiger partial charge in [0.15, 0.2) is 0 Å². The third-order valence-electron chi connectivity index (χ3n) is 5.16. The predicted octanol–water partition coefficient (Wildman–Crippen LogP) is 4.32. The molecule has 1 aromatic heterocycles. The van der Waals surface area contributed by atoms with Gasteiger partial charge in [0, 0.05) is 59.5 Å². The molecular weight excluding hydrogens is 434 g/mol. The van der Waals surface area contributed by atoms with Crippen molar-refractivity contribution < 1.29 is 14.5 Å². The molecule has 170 valence electrons. The van der Waals surface area contributed by atoms with Crippen LogP contribution < -0.4 is 10.7 Å². The van der Waals surface area contributed by atoms with Crippen molar-refractivity contribution in [3.8, 4) is 0 Å². The molecule has 0 bridgehead atoms. The minimum Gasteiger partial charge on any atom is -0.342 e. The number of hydrazone groups is 1. The Morgan fingerprint density at radius 2 is 1.74 bits per heavy atom. The Morgan fingerprint density at radius 1 is 1.03 bits per heavy atom. The molecule has 0 aliphatic rings. The number of nitro groups is 1. The Morgan fingerprint density at radius 3 is 2.41 bits per heavy atom. The zero-order chi connectivity index (χ0) is 24.1. The van der Waals surface area contributed by atoms with Crippen molar-refractivity contribution in [3.63, 3.8) is 0 Å². The van der Waals surface area contributed by atoms with Crippen LogP contribution in [0.25, 0.3) is 10.9 Å². The molecule has 4 rings (SSSR count). The van der Waals surface area contributed by atoms with Crippen molar-refractivity contribution in [2.75, 3.05) is 5.32 Å². The van der Waals surface area contributed by atoms with Crippen LogP contribution in [0.1, 0.15) is 28.4 Å². The first-order chi connectivity index (χ1) is 16.4. The third kappa shape index (κ3) is 5.16. The Hall–Kier alpha value is -4.79. The van der Waals surface area contributed by atoms with Crippen LogP contribution in [-0.4, -0.2) is 27.5 Å². The molecule has 0 spiro atoms. The van der Waals surface area contributed by atoms with Gasteiger partial charge in [-0.2, -0.15) is 5.10 Å². The monoisotopic (exact) mass is 455 g/mol. The quantitative estimate of drug-likeness (QED) is 0.245. The standard InChI is InChI=1S/C25H21N5O4/c1-17(31)27-21-10-8-19(9-11-21)25(32)28-26-14-20-16-29(24-5-3-2-4-23(20)24)15-18-6-12-22(13-7-18)30(33)34/h2-14,16H,15H2,1H3,(H,27,31)(H,28,32).